The Labute approximate surface area is 230 Å². The molecule has 1 unspecified atom stereocenters. The van der Waals surface area contributed by atoms with Crippen molar-refractivity contribution in [2.45, 2.75) is 38.6 Å². The van der Waals surface area contributed by atoms with Crippen LogP contribution in [0.3, 0.4) is 0 Å². The van der Waals surface area contributed by atoms with Gasteiger partial charge in [-0.2, -0.15) is 0 Å². The Bertz CT molecular complexity index is 1370. The van der Waals surface area contributed by atoms with E-state index in [1.807, 2.05) is 66.7 Å². The number of rotatable bonds is 14. The number of aliphatic carboxylic acids is 1. The Balaban J connectivity index is 1.51. The predicted octanol–water partition coefficient (Wildman–Crippen LogP) is 6.05. The predicted molar refractivity (Wildman–Crippen MR) is 150 cm³/mol. The minimum Gasteiger partial charge on any atom is -0.493 e. The van der Waals surface area contributed by atoms with Gasteiger partial charge in [0.05, 0.1) is 6.61 Å². The van der Waals surface area contributed by atoms with E-state index in [4.69, 9.17) is 11.2 Å². The number of pyridine rings is 2. The van der Waals surface area contributed by atoms with Gasteiger partial charge in [0, 0.05) is 62.7 Å². The van der Waals surface area contributed by atoms with Crippen LogP contribution in [0.15, 0.2) is 97.5 Å². The van der Waals surface area contributed by atoms with Crippen LogP contribution in [0.1, 0.15) is 48.7 Å². The molecule has 4 aromatic rings. The molecule has 1 amide bonds. The number of hydrogen-bond donors (Lipinski definition) is 1. The molecule has 4 rings (SSSR count). The number of amides is 1. The number of aryl methyl sites for hydroxylation is 1. The topological polar surface area (TPSA) is 92.6 Å². The molecule has 39 heavy (non-hydrogen) atoms. The van der Waals surface area contributed by atoms with Gasteiger partial charge in [-0.15, -0.1) is 0 Å². The zero-order valence-corrected chi connectivity index (χ0v) is 21.8. The van der Waals surface area contributed by atoms with Gasteiger partial charge in [-0.3, -0.25) is 19.6 Å². The summed E-state index contributed by atoms with van der Waals surface area (Å²) < 4.78 is 15.0. The van der Waals surface area contributed by atoms with E-state index in [1.165, 1.54) is 0 Å². The number of carboxylic acid groups (broad SMARTS) is 1. The van der Waals surface area contributed by atoms with E-state index in [2.05, 4.69) is 9.97 Å². The normalized spacial score (nSPS) is 11.8. The van der Waals surface area contributed by atoms with Crippen LogP contribution in [-0.4, -0.2) is 45.0 Å². The maximum absolute atomic E-state index is 13.8. The van der Waals surface area contributed by atoms with Crippen LogP contribution in [0.5, 0.6) is 5.75 Å². The van der Waals surface area contributed by atoms with Crippen molar-refractivity contribution < 1.29 is 20.8 Å². The van der Waals surface area contributed by atoms with Crippen molar-refractivity contribution in [3.63, 3.8) is 0 Å². The smallest absolute Gasteiger partial charge is 0.303 e. The van der Waals surface area contributed by atoms with Gasteiger partial charge in [0.15, 0.2) is 0 Å². The Hall–Kier alpha value is -4.52. The highest BCUT2D eigenvalue weighted by molar-refractivity contribution is 5.94. The molecule has 0 saturated heterocycles. The third kappa shape index (κ3) is 8.50. The lowest BCUT2D eigenvalue weighted by Gasteiger charge is -2.24. The first kappa shape index (κ1) is 26.1. The third-order valence-corrected chi connectivity index (χ3v) is 6.24. The summed E-state index contributed by atoms with van der Waals surface area (Å²) in [6.45, 7) is -0.234. The van der Waals surface area contributed by atoms with Gasteiger partial charge >= 0.3 is 5.97 Å². The fraction of sp³-hybridized carbons (Fsp3) is 0.250. The summed E-state index contributed by atoms with van der Waals surface area (Å²) in [7, 11) is 0. The molecule has 0 aliphatic heterocycles. The van der Waals surface area contributed by atoms with E-state index in [0.29, 0.717) is 24.3 Å². The van der Waals surface area contributed by atoms with Crippen molar-refractivity contribution in [2.24, 2.45) is 0 Å². The third-order valence-electron chi connectivity index (χ3n) is 6.24. The van der Waals surface area contributed by atoms with Crippen LogP contribution in [0, 0.1) is 0 Å². The second-order valence-electron chi connectivity index (χ2n) is 9.12. The molecule has 0 fully saturated rings. The van der Waals surface area contributed by atoms with Crippen molar-refractivity contribution in [3.8, 4) is 16.9 Å². The van der Waals surface area contributed by atoms with Gasteiger partial charge in [-0.1, -0.05) is 42.5 Å². The molecule has 0 radical (unpaired) electrons. The highest BCUT2D eigenvalue weighted by atomic mass is 16.5. The molecule has 0 aliphatic carbocycles. The quantitative estimate of drug-likeness (QED) is 0.202. The molecule has 1 N–H and O–H groups in total. The molecule has 1 atom stereocenters. The molecule has 0 bridgehead atoms. The van der Waals surface area contributed by atoms with Gasteiger partial charge in [-0.25, -0.2) is 0 Å². The number of carbonyl (C=O) groups excluding carboxylic acids is 1. The average Bonchev–Trinajstić information content (AvgIpc) is 2.99. The number of unbranched alkanes of at least 4 members (excludes halogenated alkanes) is 2. The molecule has 7 nitrogen and oxygen atoms in total. The molecule has 0 aliphatic rings. The van der Waals surface area contributed by atoms with Crippen LogP contribution < -0.4 is 4.74 Å². The second kappa shape index (κ2) is 14.4. The lowest BCUT2D eigenvalue weighted by Crippen LogP contribution is -2.32. The summed E-state index contributed by atoms with van der Waals surface area (Å²) in [5.74, 6) is -0.397. The summed E-state index contributed by atoms with van der Waals surface area (Å²) in [6.07, 6.45) is 7.71. The SMILES string of the molecule is [2H]C(Cc1ccccn1)N(Cc1ccccc1OCCCCCC(=O)O)C(=O)c1ccc(-c2cccnc2)cc1. The van der Waals surface area contributed by atoms with Crippen molar-refractivity contribution in [1.29, 1.82) is 0 Å². The minimum absolute atomic E-state index is 0.151. The molecule has 2 aromatic carbocycles. The van der Waals surface area contributed by atoms with Gasteiger partial charge in [0.1, 0.15) is 5.75 Å². The Morgan fingerprint density at radius 1 is 0.872 bits per heavy atom. The first-order valence-corrected chi connectivity index (χ1v) is 13.1. The molecular weight excluding hydrogens is 490 g/mol. The van der Waals surface area contributed by atoms with E-state index in [9.17, 15) is 9.59 Å². The number of carboxylic acids is 1. The van der Waals surface area contributed by atoms with Crippen molar-refractivity contribution in [2.75, 3.05) is 13.1 Å². The first-order valence-electron chi connectivity index (χ1n) is 13.6. The van der Waals surface area contributed by atoms with E-state index >= 15 is 0 Å². The van der Waals surface area contributed by atoms with Crippen molar-refractivity contribution in [1.82, 2.24) is 14.9 Å². The highest BCUT2D eigenvalue weighted by Crippen LogP contribution is 2.23. The maximum atomic E-state index is 13.8. The van der Waals surface area contributed by atoms with E-state index < -0.39 is 12.5 Å². The monoisotopic (exact) mass is 524 g/mol. The summed E-state index contributed by atoms with van der Waals surface area (Å²) >= 11 is 0. The lowest BCUT2D eigenvalue weighted by molar-refractivity contribution is -0.137. The summed E-state index contributed by atoms with van der Waals surface area (Å²) in [4.78, 5) is 34.6. The van der Waals surface area contributed by atoms with Crippen LogP contribution in [0.2, 0.25) is 0 Å². The minimum atomic E-state index is -0.871. The number of aromatic nitrogens is 2. The zero-order chi connectivity index (χ0) is 28.2. The molecule has 200 valence electrons. The average molecular weight is 525 g/mol. The standard InChI is InChI=1S/C32H33N3O4/c36-31(37)13-2-1-7-22-39-30-12-4-3-9-28(30)24-35(21-18-29-11-5-6-20-34-29)32(38)26-16-14-25(15-17-26)27-10-8-19-33-23-27/h3-6,8-12,14-17,19-20,23H,1-2,7,13,18,21-22,24H2,(H,36,37)/i21D. The summed E-state index contributed by atoms with van der Waals surface area (Å²) in [5, 5.41) is 8.81. The molecule has 2 aromatic heterocycles. The van der Waals surface area contributed by atoms with E-state index in [1.54, 1.807) is 35.6 Å². The van der Waals surface area contributed by atoms with Crippen LogP contribution in [-0.2, 0) is 17.8 Å². The van der Waals surface area contributed by atoms with Crippen molar-refractivity contribution >= 4 is 11.9 Å². The van der Waals surface area contributed by atoms with Crippen molar-refractivity contribution in [3.05, 3.63) is 114 Å². The zero-order valence-electron chi connectivity index (χ0n) is 22.8. The number of nitrogens with zero attached hydrogens (tertiary/aromatic N) is 3. The number of para-hydroxylation sites is 1. The molecule has 0 spiro atoms. The Morgan fingerprint density at radius 3 is 2.44 bits per heavy atom. The highest BCUT2D eigenvalue weighted by Gasteiger charge is 2.18. The first-order chi connectivity index (χ1) is 19.5. The Kier molecular flexibility index (Phi) is 9.66. The number of ether oxygens (including phenoxy) is 1. The molecule has 0 saturated carbocycles. The number of carbonyl (C=O) groups is 2. The van der Waals surface area contributed by atoms with Crippen LogP contribution in [0.25, 0.3) is 11.1 Å². The number of hydrogen-bond acceptors (Lipinski definition) is 5. The molecule has 7 heteroatoms. The fourth-order valence-electron chi connectivity index (χ4n) is 4.14. The van der Waals surface area contributed by atoms with Crippen LogP contribution in [0.4, 0.5) is 0 Å². The van der Waals surface area contributed by atoms with Gasteiger partial charge in [-0.05, 0) is 66.8 Å². The van der Waals surface area contributed by atoms with E-state index in [-0.39, 0.29) is 25.3 Å². The molecular formula is C32H33N3O4. The Morgan fingerprint density at radius 2 is 1.69 bits per heavy atom. The van der Waals surface area contributed by atoms with Gasteiger partial charge in [0.2, 0.25) is 0 Å². The summed E-state index contributed by atoms with van der Waals surface area (Å²) in [6, 6.07) is 24.3. The van der Waals surface area contributed by atoms with Gasteiger partial charge < -0.3 is 14.7 Å². The van der Waals surface area contributed by atoms with E-state index in [0.717, 1.165) is 35.2 Å². The largest absolute Gasteiger partial charge is 0.493 e. The maximum Gasteiger partial charge on any atom is 0.303 e. The number of benzene rings is 2. The van der Waals surface area contributed by atoms with Gasteiger partial charge in [0.25, 0.3) is 5.91 Å². The fourth-order valence-corrected chi connectivity index (χ4v) is 4.14. The van der Waals surface area contributed by atoms with Crippen LogP contribution >= 0.6 is 0 Å². The second-order valence-corrected chi connectivity index (χ2v) is 9.12. The molecule has 2 heterocycles. The lowest BCUT2D eigenvalue weighted by atomic mass is 10.0. The summed E-state index contributed by atoms with van der Waals surface area (Å²) in [5.41, 5.74) is 3.93.